The number of alkyl halides is 3. The van der Waals surface area contributed by atoms with E-state index in [4.69, 9.17) is 16.7 Å². The Labute approximate surface area is 225 Å². The molecular weight excluding hydrogens is 535 g/mol. The Morgan fingerprint density at radius 1 is 1.08 bits per heavy atom. The van der Waals surface area contributed by atoms with Crippen molar-refractivity contribution in [3.8, 4) is 5.75 Å². The Morgan fingerprint density at radius 2 is 1.82 bits per heavy atom. The maximum absolute atomic E-state index is 12.7. The second-order valence-corrected chi connectivity index (χ2v) is 10.4. The molecule has 0 radical (unpaired) electrons. The Kier molecular flexibility index (Phi) is 7.03. The van der Waals surface area contributed by atoms with Crippen LogP contribution in [0.2, 0.25) is 5.02 Å². The van der Waals surface area contributed by atoms with E-state index in [1.165, 1.54) is 18.2 Å². The lowest BCUT2D eigenvalue weighted by Crippen LogP contribution is -2.41. The van der Waals surface area contributed by atoms with Crippen LogP contribution in [-0.4, -0.2) is 22.4 Å². The Hall–Kier alpha value is -3.62. The van der Waals surface area contributed by atoms with Gasteiger partial charge in [-0.2, -0.15) is 0 Å². The minimum absolute atomic E-state index is 0.0694. The molecule has 3 aromatic carbocycles. The first-order valence-electron chi connectivity index (χ1n) is 11.7. The molecular formula is C29H21ClF3NO3S. The van der Waals surface area contributed by atoms with Crippen LogP contribution in [0, 0.1) is 0 Å². The van der Waals surface area contributed by atoms with E-state index in [0.29, 0.717) is 0 Å². The van der Waals surface area contributed by atoms with E-state index < -0.39 is 17.7 Å². The van der Waals surface area contributed by atoms with E-state index in [1.54, 1.807) is 22.9 Å². The van der Waals surface area contributed by atoms with Gasteiger partial charge in [-0.15, -0.1) is 24.5 Å². The number of carboxylic acid groups (broad SMARTS) is 1. The predicted octanol–water partition coefficient (Wildman–Crippen LogP) is 8.47. The zero-order valence-electron chi connectivity index (χ0n) is 19.8. The third-order valence-electron chi connectivity index (χ3n) is 6.85. The van der Waals surface area contributed by atoms with Crippen LogP contribution in [0.25, 0.3) is 22.4 Å². The Balaban J connectivity index is 1.51. The summed E-state index contributed by atoms with van der Waals surface area (Å²) >= 11 is 8.07. The Bertz CT molecular complexity index is 1540. The minimum Gasteiger partial charge on any atom is -0.478 e. The zero-order chi connectivity index (χ0) is 26.9. The molecule has 38 heavy (non-hydrogen) atoms. The number of halogens is 4. The number of allylic oxidation sites excluding steroid dienone is 1. The lowest BCUT2D eigenvalue weighted by Gasteiger charge is -2.49. The molecule has 1 aromatic heterocycles. The first-order valence-corrected chi connectivity index (χ1v) is 13.0. The number of carbonyl (C=O) groups is 1. The summed E-state index contributed by atoms with van der Waals surface area (Å²) in [6.07, 6.45) is 3.58. The number of aliphatic carboxylic acids is 1. The quantitative estimate of drug-likeness (QED) is 0.232. The molecule has 0 spiro atoms. The average Bonchev–Trinajstić information content (AvgIpc) is 3.32. The summed E-state index contributed by atoms with van der Waals surface area (Å²) in [6.45, 7) is 0. The van der Waals surface area contributed by atoms with Gasteiger partial charge in [0.05, 0.1) is 15.7 Å². The third kappa shape index (κ3) is 5.47. The lowest BCUT2D eigenvalue weighted by molar-refractivity contribution is -0.274. The van der Waals surface area contributed by atoms with Gasteiger partial charge in [0.15, 0.2) is 0 Å². The van der Waals surface area contributed by atoms with Crippen LogP contribution in [0.1, 0.15) is 41.0 Å². The van der Waals surface area contributed by atoms with Crippen molar-refractivity contribution in [2.45, 2.75) is 30.5 Å². The van der Waals surface area contributed by atoms with Gasteiger partial charge in [0.25, 0.3) is 0 Å². The molecule has 1 fully saturated rings. The zero-order valence-corrected chi connectivity index (χ0v) is 21.4. The average molecular weight is 556 g/mol. The van der Waals surface area contributed by atoms with Crippen molar-refractivity contribution in [2.24, 2.45) is 0 Å². The number of rotatable bonds is 7. The number of fused-ring (bicyclic) bond motifs is 1. The smallest absolute Gasteiger partial charge is 0.478 e. The number of hydrogen-bond donors (Lipinski definition) is 1. The van der Waals surface area contributed by atoms with Crippen molar-refractivity contribution in [3.63, 3.8) is 0 Å². The summed E-state index contributed by atoms with van der Waals surface area (Å²) in [5, 5.41) is 9.05. The summed E-state index contributed by atoms with van der Waals surface area (Å²) < 4.78 is 43.2. The van der Waals surface area contributed by atoms with Crippen LogP contribution in [-0.2, 0) is 10.2 Å². The van der Waals surface area contributed by atoms with Crippen molar-refractivity contribution < 1.29 is 27.8 Å². The number of benzene rings is 3. The van der Waals surface area contributed by atoms with E-state index in [1.807, 2.05) is 36.4 Å². The monoisotopic (exact) mass is 555 g/mol. The molecule has 1 aliphatic carbocycles. The number of carboxylic acids is 1. The van der Waals surface area contributed by atoms with Gasteiger partial charge in [0.2, 0.25) is 0 Å². The van der Waals surface area contributed by atoms with Gasteiger partial charge in [-0.3, -0.25) is 0 Å². The van der Waals surface area contributed by atoms with Crippen LogP contribution in [0.4, 0.5) is 13.2 Å². The number of hydrogen-bond acceptors (Lipinski definition) is 4. The van der Waals surface area contributed by atoms with Gasteiger partial charge in [-0.05, 0) is 71.4 Å². The van der Waals surface area contributed by atoms with Gasteiger partial charge in [0.1, 0.15) is 5.75 Å². The summed E-state index contributed by atoms with van der Waals surface area (Å²) in [5.74, 6) is -1.44. The summed E-state index contributed by atoms with van der Waals surface area (Å²) in [7, 11) is 0. The van der Waals surface area contributed by atoms with Crippen molar-refractivity contribution in [1.29, 1.82) is 0 Å². The molecule has 5 rings (SSSR count). The number of ether oxygens (including phenoxy) is 1. The fourth-order valence-electron chi connectivity index (χ4n) is 4.94. The molecule has 2 unspecified atom stereocenters. The molecule has 1 heterocycles. The molecule has 0 aliphatic heterocycles. The highest BCUT2D eigenvalue weighted by atomic mass is 35.5. The second-order valence-electron chi connectivity index (χ2n) is 9.07. The van der Waals surface area contributed by atoms with Gasteiger partial charge < -0.3 is 9.84 Å². The molecule has 0 amide bonds. The molecule has 194 valence electrons. The highest BCUT2D eigenvalue weighted by molar-refractivity contribution is 7.16. The van der Waals surface area contributed by atoms with Crippen LogP contribution >= 0.6 is 22.9 Å². The number of aromatic nitrogens is 1. The molecule has 1 aliphatic rings. The van der Waals surface area contributed by atoms with E-state index in [2.05, 4.69) is 27.9 Å². The van der Waals surface area contributed by atoms with Gasteiger partial charge >= 0.3 is 12.3 Å². The van der Waals surface area contributed by atoms with E-state index in [9.17, 15) is 18.0 Å². The largest absolute Gasteiger partial charge is 0.573 e. The molecule has 0 bridgehead atoms. The van der Waals surface area contributed by atoms with E-state index in [-0.39, 0.29) is 16.7 Å². The fraction of sp³-hybridized carbons (Fsp3) is 0.172. The number of nitrogens with zero attached hydrogens (tertiary/aromatic N) is 1. The molecule has 1 N–H and O–H groups in total. The van der Waals surface area contributed by atoms with Crippen molar-refractivity contribution in [1.82, 2.24) is 4.98 Å². The van der Waals surface area contributed by atoms with Gasteiger partial charge in [-0.1, -0.05) is 60.2 Å². The molecule has 1 saturated carbocycles. The van der Waals surface area contributed by atoms with Crippen LogP contribution < -0.4 is 4.74 Å². The SMILES string of the molecule is O=C(O)/C=C/c1ccc(/C=C/C2(c3ccc4scnc4c3)CCC2c2ccc(OC(F)(F)F)cc2Cl)cc1. The summed E-state index contributed by atoms with van der Waals surface area (Å²) in [4.78, 5) is 15.2. The first-order chi connectivity index (χ1) is 18.1. The highest BCUT2D eigenvalue weighted by Crippen LogP contribution is 2.57. The van der Waals surface area contributed by atoms with Crippen LogP contribution in [0.15, 0.2) is 78.3 Å². The molecule has 4 aromatic rings. The van der Waals surface area contributed by atoms with Crippen molar-refractivity contribution in [3.05, 3.63) is 106 Å². The second kappa shape index (κ2) is 10.3. The Morgan fingerprint density at radius 3 is 2.45 bits per heavy atom. The molecule has 2 atom stereocenters. The van der Waals surface area contributed by atoms with E-state index >= 15 is 0 Å². The fourth-order valence-corrected chi connectivity index (χ4v) is 5.90. The normalized spacial score (nSPS) is 19.7. The lowest BCUT2D eigenvalue weighted by atomic mass is 9.54. The summed E-state index contributed by atoms with van der Waals surface area (Å²) in [6, 6.07) is 17.8. The third-order valence-corrected chi connectivity index (χ3v) is 7.98. The first kappa shape index (κ1) is 26.0. The molecule has 9 heteroatoms. The minimum atomic E-state index is -4.80. The standard InChI is InChI=1S/C29H21ClF3NO3S/c30-24-16-21(37-29(31,32)33)7-8-22(24)23-12-14-28(23,20-6-9-26-25(15-20)34-17-38-26)13-11-19-3-1-18(2-4-19)5-10-27(35)36/h1-11,13,15-17,23H,12,14H2,(H,35,36)/b10-5+,13-11+. The molecule has 4 nitrogen and oxygen atoms in total. The van der Waals surface area contributed by atoms with Crippen LogP contribution in [0.5, 0.6) is 5.75 Å². The predicted molar refractivity (Wildman–Crippen MR) is 144 cm³/mol. The highest BCUT2D eigenvalue weighted by Gasteiger charge is 2.47. The van der Waals surface area contributed by atoms with Crippen molar-refractivity contribution >= 4 is 51.3 Å². The van der Waals surface area contributed by atoms with Crippen molar-refractivity contribution in [2.75, 3.05) is 0 Å². The maximum Gasteiger partial charge on any atom is 0.573 e. The van der Waals surface area contributed by atoms with Gasteiger partial charge in [-0.25, -0.2) is 9.78 Å². The summed E-state index contributed by atoms with van der Waals surface area (Å²) in [5.41, 5.74) is 5.74. The van der Waals surface area contributed by atoms with Crippen LogP contribution in [0.3, 0.4) is 0 Å². The number of thiazole rings is 1. The maximum atomic E-state index is 12.7. The van der Waals surface area contributed by atoms with E-state index in [0.717, 1.165) is 51.4 Å². The molecule has 0 saturated heterocycles. The van der Waals surface area contributed by atoms with Gasteiger partial charge in [0, 0.05) is 16.5 Å². The topological polar surface area (TPSA) is 59.4 Å².